The number of aromatic nitrogens is 3. The van der Waals surface area contributed by atoms with E-state index in [0.29, 0.717) is 0 Å². The van der Waals surface area contributed by atoms with E-state index in [2.05, 4.69) is 25.9 Å². The van der Waals surface area contributed by atoms with Crippen LogP contribution in [-0.2, 0) is 9.19 Å². The number of rotatable bonds is 1. The van der Waals surface area contributed by atoms with E-state index < -0.39 is 7.82 Å². The van der Waals surface area contributed by atoms with Gasteiger partial charge < -0.3 is 9.79 Å². The number of nitrogens with zero attached hydrogens (tertiary/aromatic N) is 2. The minimum absolute atomic E-state index is 0.914. The molecule has 1 aromatic heterocycles. The largest absolute Gasteiger partial charge is 0.485 e. The molecule has 0 radical (unpaired) electrons. The Bertz CT molecular complexity index is 437. The summed E-state index contributed by atoms with van der Waals surface area (Å²) in [6, 6.07) is 7.70. The van der Waals surface area contributed by atoms with E-state index in [1.807, 2.05) is 24.3 Å². The maximum atomic E-state index is 9.35. The molecule has 1 heterocycles. The van der Waals surface area contributed by atoms with Crippen molar-refractivity contribution in [1.82, 2.24) is 15.4 Å². The Morgan fingerprint density at radius 3 is 2.00 bits per heavy atom. The summed E-state index contributed by atoms with van der Waals surface area (Å²) in [4.78, 5) is 15.2. The molecule has 9 heteroatoms. The molecule has 0 atom stereocenters. The van der Waals surface area contributed by atoms with Gasteiger partial charge in [0.2, 0.25) is 0 Å². The maximum absolute atomic E-state index is 9.35. The van der Waals surface area contributed by atoms with E-state index in [0.717, 1.165) is 11.0 Å². The van der Waals surface area contributed by atoms with Crippen LogP contribution >= 0.6 is 7.82 Å². The molecule has 0 aliphatic rings. The predicted octanol–water partition coefficient (Wildman–Crippen LogP) is -0.0727. The molecule has 0 unspecified atom stereocenters. The van der Waals surface area contributed by atoms with E-state index in [-0.39, 0.29) is 0 Å². The van der Waals surface area contributed by atoms with E-state index in [9.17, 15) is 4.57 Å². The summed E-state index contributed by atoms with van der Waals surface area (Å²) in [5, 5.41) is 10.3. The Kier molecular flexibility index (Phi) is 3.89. The summed E-state index contributed by atoms with van der Waals surface area (Å²) >= 11 is 0. The second-order valence-corrected chi connectivity index (χ2v) is 3.60. The Morgan fingerprint density at radius 2 is 1.67 bits per heavy atom. The monoisotopic (exact) mass is 232 g/mol. The third kappa shape index (κ3) is 4.15. The fourth-order valence-corrected chi connectivity index (χ4v) is 0.786. The van der Waals surface area contributed by atoms with Gasteiger partial charge in [0.05, 0.1) is 0 Å². The van der Waals surface area contributed by atoms with Crippen LogP contribution in [0, 0.1) is 0 Å². The molecular weight excluding hydrogens is 223 g/mol. The van der Waals surface area contributed by atoms with Crippen molar-refractivity contribution < 1.29 is 19.0 Å². The minimum Gasteiger partial charge on any atom is -0.302 e. The highest BCUT2D eigenvalue weighted by atomic mass is 31.2. The van der Waals surface area contributed by atoms with Crippen molar-refractivity contribution in [2.75, 3.05) is 0 Å². The Balaban J connectivity index is 0.000000167. The number of phosphoric acid groups is 1. The lowest BCUT2D eigenvalue weighted by Gasteiger charge is -1.92. The number of hydrogen-bond donors (Lipinski definition) is 4. The molecule has 0 amide bonds. The zero-order chi connectivity index (χ0) is 11.3. The highest BCUT2D eigenvalue weighted by Crippen LogP contribution is 2.32. The second kappa shape index (κ2) is 4.96. The maximum Gasteiger partial charge on any atom is 0.485 e. The molecule has 2 rings (SSSR count). The van der Waals surface area contributed by atoms with Crippen LogP contribution in [0.25, 0.3) is 11.0 Å². The highest BCUT2D eigenvalue weighted by Gasteiger charge is 2.08. The summed E-state index contributed by atoms with van der Waals surface area (Å²) in [5.41, 5.74) is 1.83. The number of aromatic amines is 1. The lowest BCUT2D eigenvalue weighted by molar-refractivity contribution is 0.201. The minimum atomic E-state index is -4.37. The zero-order valence-electron chi connectivity index (χ0n) is 7.44. The topological polar surface area (TPSA) is 134 Å². The van der Waals surface area contributed by atoms with Gasteiger partial charge in [0.1, 0.15) is 11.0 Å². The molecule has 0 saturated carbocycles. The predicted molar refractivity (Wildman–Crippen MR) is 51.2 cm³/mol. The summed E-state index contributed by atoms with van der Waals surface area (Å²) in [6.45, 7) is 0. The van der Waals surface area contributed by atoms with Crippen molar-refractivity contribution in [3.63, 3.8) is 0 Å². The molecule has 0 bridgehead atoms. The van der Waals surface area contributed by atoms with Gasteiger partial charge in [-0.25, -0.2) is 15.1 Å². The number of H-pyrrole nitrogens is 1. The standard InChI is InChI=1S/C6H5N3.H4NO4P/c1-2-4-6-5(3-1)7-9-8-6;1-5-6(2,3)4/h1-4H,(H,7,8,9);1H2,(H2,2,3,4). The Labute approximate surface area is 84.2 Å². The van der Waals surface area contributed by atoms with Gasteiger partial charge in [-0.15, -0.1) is 0 Å². The summed E-state index contributed by atoms with van der Waals surface area (Å²) < 4.78 is 12.5. The SMILES string of the molecule is NOP(=O)(O)O.c1ccc2n[nH]nc2c1. The van der Waals surface area contributed by atoms with E-state index in [1.54, 1.807) is 0 Å². The van der Waals surface area contributed by atoms with Crippen LogP contribution < -0.4 is 5.90 Å². The molecule has 0 saturated heterocycles. The first kappa shape index (κ1) is 11.8. The van der Waals surface area contributed by atoms with Gasteiger partial charge in [0.25, 0.3) is 0 Å². The molecule has 0 aliphatic heterocycles. The van der Waals surface area contributed by atoms with Gasteiger partial charge in [-0.05, 0) is 12.1 Å². The van der Waals surface area contributed by atoms with Crippen molar-refractivity contribution in [1.29, 1.82) is 0 Å². The smallest absolute Gasteiger partial charge is 0.302 e. The number of fused-ring (bicyclic) bond motifs is 1. The van der Waals surface area contributed by atoms with Gasteiger partial charge >= 0.3 is 7.82 Å². The fraction of sp³-hybridized carbons (Fsp3) is 0. The first-order valence-electron chi connectivity index (χ1n) is 3.72. The summed E-state index contributed by atoms with van der Waals surface area (Å²) in [5.74, 6) is 4.04. The van der Waals surface area contributed by atoms with Crippen molar-refractivity contribution in [3.05, 3.63) is 24.3 Å². The lowest BCUT2D eigenvalue weighted by atomic mass is 10.3. The Morgan fingerprint density at radius 1 is 1.27 bits per heavy atom. The van der Waals surface area contributed by atoms with Gasteiger partial charge in [-0.2, -0.15) is 15.4 Å². The number of nitrogens with one attached hydrogen (secondary N) is 1. The third-order valence-electron chi connectivity index (χ3n) is 1.36. The molecule has 82 valence electrons. The van der Waals surface area contributed by atoms with Gasteiger partial charge in [-0.1, -0.05) is 12.1 Å². The van der Waals surface area contributed by atoms with Crippen molar-refractivity contribution in [2.24, 2.45) is 5.90 Å². The van der Waals surface area contributed by atoms with Crippen LogP contribution in [0.1, 0.15) is 0 Å². The first-order valence-corrected chi connectivity index (χ1v) is 5.25. The van der Waals surface area contributed by atoms with E-state index >= 15 is 0 Å². The van der Waals surface area contributed by atoms with E-state index in [4.69, 9.17) is 9.79 Å². The molecule has 0 fully saturated rings. The zero-order valence-corrected chi connectivity index (χ0v) is 8.33. The third-order valence-corrected chi connectivity index (χ3v) is 1.63. The van der Waals surface area contributed by atoms with Crippen LogP contribution in [0.3, 0.4) is 0 Å². The van der Waals surface area contributed by atoms with Crippen LogP contribution in [0.4, 0.5) is 0 Å². The second-order valence-electron chi connectivity index (χ2n) is 2.41. The van der Waals surface area contributed by atoms with Crippen molar-refractivity contribution >= 4 is 18.9 Å². The average Bonchev–Trinajstić information content (AvgIpc) is 2.65. The average molecular weight is 232 g/mol. The molecule has 0 spiro atoms. The molecule has 15 heavy (non-hydrogen) atoms. The number of nitrogens with two attached hydrogens (primary N) is 1. The summed E-state index contributed by atoms with van der Waals surface area (Å²) in [6.07, 6.45) is 0. The Hall–Kier alpha value is -1.31. The molecular formula is C6H9N4O4P. The first-order chi connectivity index (χ1) is 7.03. The normalized spacial score (nSPS) is 10.9. The number of para-hydroxylation sites is 2. The fourth-order valence-electron chi connectivity index (χ4n) is 0.786. The van der Waals surface area contributed by atoms with Crippen molar-refractivity contribution in [3.8, 4) is 0 Å². The van der Waals surface area contributed by atoms with E-state index in [1.165, 1.54) is 0 Å². The van der Waals surface area contributed by atoms with Crippen LogP contribution in [0.15, 0.2) is 24.3 Å². The lowest BCUT2D eigenvalue weighted by Crippen LogP contribution is -1.93. The molecule has 0 aliphatic carbocycles. The van der Waals surface area contributed by atoms with Gasteiger partial charge in [0, 0.05) is 0 Å². The highest BCUT2D eigenvalue weighted by molar-refractivity contribution is 7.46. The van der Waals surface area contributed by atoms with Crippen LogP contribution in [0.5, 0.6) is 0 Å². The molecule has 5 N–H and O–H groups in total. The summed E-state index contributed by atoms with van der Waals surface area (Å²) in [7, 11) is -4.37. The van der Waals surface area contributed by atoms with Gasteiger partial charge in [-0.3, -0.25) is 0 Å². The molecule has 1 aromatic carbocycles. The van der Waals surface area contributed by atoms with Crippen LogP contribution in [-0.4, -0.2) is 25.2 Å². The molecule has 2 aromatic rings. The molecule has 8 nitrogen and oxygen atoms in total. The van der Waals surface area contributed by atoms with Gasteiger partial charge in [0.15, 0.2) is 0 Å². The quantitative estimate of drug-likeness (QED) is 0.399. The van der Waals surface area contributed by atoms with Crippen LogP contribution in [0.2, 0.25) is 0 Å². The number of benzene rings is 1. The van der Waals surface area contributed by atoms with Crippen molar-refractivity contribution in [2.45, 2.75) is 0 Å². The number of hydrogen-bond acceptors (Lipinski definition) is 5.